The fourth-order valence-electron chi connectivity index (χ4n) is 3.18. The second-order valence-electron chi connectivity index (χ2n) is 6.54. The van der Waals surface area contributed by atoms with Gasteiger partial charge in [-0.2, -0.15) is 0 Å². The Balaban J connectivity index is 1.71. The largest absolute Gasteiger partial charge is 0.377 e. The normalized spacial score (nSPS) is 28.5. The summed E-state index contributed by atoms with van der Waals surface area (Å²) in [6, 6.07) is 2.82. The number of hydrogen-bond donors (Lipinski definition) is 0. The van der Waals surface area contributed by atoms with Gasteiger partial charge in [0.25, 0.3) is 0 Å². The van der Waals surface area contributed by atoms with Gasteiger partial charge in [-0.1, -0.05) is 25.2 Å². The zero-order chi connectivity index (χ0) is 15.7. The van der Waals surface area contributed by atoms with Crippen LogP contribution in [0.25, 0.3) is 5.57 Å². The summed E-state index contributed by atoms with van der Waals surface area (Å²) >= 11 is 0. The van der Waals surface area contributed by atoms with Gasteiger partial charge in [-0.3, -0.25) is 0 Å². The Bertz CT molecular complexity index is 587. The Morgan fingerprint density at radius 1 is 1.14 bits per heavy atom. The van der Waals surface area contributed by atoms with Crippen LogP contribution in [0.1, 0.15) is 37.3 Å². The van der Waals surface area contributed by atoms with Crippen LogP contribution in [-0.2, 0) is 4.74 Å². The lowest BCUT2D eigenvalue weighted by atomic mass is 9.85. The molecule has 2 aliphatic rings. The van der Waals surface area contributed by atoms with E-state index in [1.54, 1.807) is 0 Å². The first-order valence-electron chi connectivity index (χ1n) is 8.00. The Morgan fingerprint density at radius 3 is 2.41 bits per heavy atom. The molecule has 1 heterocycles. The molecule has 0 aromatic heterocycles. The first-order chi connectivity index (χ1) is 10.5. The highest BCUT2D eigenvalue weighted by molar-refractivity contribution is 5.75. The van der Waals surface area contributed by atoms with Gasteiger partial charge in [0.15, 0.2) is 0 Å². The SMILES string of the molecule is Cc1c(F)cc(C2=CCC(C3CCC(C)CO3)C=C2)cc1F. The molecule has 1 aliphatic carbocycles. The Hall–Kier alpha value is -1.48. The van der Waals surface area contributed by atoms with Gasteiger partial charge in [0.1, 0.15) is 11.6 Å². The maximum absolute atomic E-state index is 13.7. The summed E-state index contributed by atoms with van der Waals surface area (Å²) in [6.45, 7) is 4.50. The fourth-order valence-corrected chi connectivity index (χ4v) is 3.18. The second-order valence-corrected chi connectivity index (χ2v) is 6.54. The van der Waals surface area contributed by atoms with Crippen LogP contribution in [0.15, 0.2) is 30.4 Å². The average molecular weight is 304 g/mol. The zero-order valence-electron chi connectivity index (χ0n) is 13.1. The van der Waals surface area contributed by atoms with E-state index >= 15 is 0 Å². The van der Waals surface area contributed by atoms with E-state index in [9.17, 15) is 8.78 Å². The number of benzene rings is 1. The summed E-state index contributed by atoms with van der Waals surface area (Å²) in [5.74, 6) is 0.0388. The first kappa shape index (κ1) is 15.4. The van der Waals surface area contributed by atoms with Gasteiger partial charge in [0.2, 0.25) is 0 Å². The highest BCUT2D eigenvalue weighted by Crippen LogP contribution is 2.32. The van der Waals surface area contributed by atoms with Crippen LogP contribution in [0.3, 0.4) is 0 Å². The summed E-state index contributed by atoms with van der Waals surface area (Å²) in [7, 11) is 0. The second kappa shape index (κ2) is 6.33. The Kier molecular flexibility index (Phi) is 4.44. The van der Waals surface area contributed by atoms with Crippen LogP contribution in [0.4, 0.5) is 8.78 Å². The van der Waals surface area contributed by atoms with Crippen LogP contribution < -0.4 is 0 Å². The molecule has 1 aromatic carbocycles. The van der Waals surface area contributed by atoms with Gasteiger partial charge in [-0.05, 0) is 55.4 Å². The molecule has 3 rings (SSSR count). The van der Waals surface area contributed by atoms with E-state index in [0.29, 0.717) is 17.4 Å². The maximum atomic E-state index is 13.7. The van der Waals surface area contributed by atoms with Crippen molar-refractivity contribution in [1.29, 1.82) is 0 Å². The minimum atomic E-state index is -0.490. The molecular formula is C19H22F2O. The molecule has 3 heteroatoms. The molecule has 0 radical (unpaired) electrons. The molecule has 3 atom stereocenters. The molecule has 0 spiro atoms. The van der Waals surface area contributed by atoms with Crippen LogP contribution in [0.2, 0.25) is 0 Å². The van der Waals surface area contributed by atoms with E-state index in [2.05, 4.69) is 19.1 Å². The summed E-state index contributed by atoms with van der Waals surface area (Å²) in [6.07, 6.45) is 9.60. The molecule has 0 N–H and O–H groups in total. The van der Waals surface area contributed by atoms with E-state index in [1.807, 2.05) is 6.08 Å². The third-order valence-electron chi connectivity index (χ3n) is 4.76. The molecule has 1 aromatic rings. The minimum absolute atomic E-state index is 0.0757. The van der Waals surface area contributed by atoms with Crippen LogP contribution in [-0.4, -0.2) is 12.7 Å². The summed E-state index contributed by atoms with van der Waals surface area (Å²) in [5.41, 5.74) is 1.57. The van der Waals surface area contributed by atoms with Crippen LogP contribution >= 0.6 is 0 Å². The van der Waals surface area contributed by atoms with Crippen molar-refractivity contribution in [2.24, 2.45) is 11.8 Å². The van der Waals surface area contributed by atoms with E-state index < -0.39 is 11.6 Å². The van der Waals surface area contributed by atoms with Gasteiger partial charge in [-0.25, -0.2) is 8.78 Å². The highest BCUT2D eigenvalue weighted by Gasteiger charge is 2.26. The number of allylic oxidation sites excluding steroid dienone is 3. The lowest BCUT2D eigenvalue weighted by Gasteiger charge is -2.32. The fraction of sp³-hybridized carbons (Fsp3) is 0.474. The van der Waals surface area contributed by atoms with Gasteiger partial charge < -0.3 is 4.74 Å². The highest BCUT2D eigenvalue weighted by atomic mass is 19.1. The predicted molar refractivity (Wildman–Crippen MR) is 84.5 cm³/mol. The third kappa shape index (κ3) is 3.14. The van der Waals surface area contributed by atoms with Crippen molar-refractivity contribution in [3.05, 3.63) is 53.1 Å². The molecule has 118 valence electrons. The lowest BCUT2D eigenvalue weighted by molar-refractivity contribution is -0.0323. The van der Waals surface area contributed by atoms with Crippen molar-refractivity contribution in [3.8, 4) is 0 Å². The third-order valence-corrected chi connectivity index (χ3v) is 4.76. The van der Waals surface area contributed by atoms with Gasteiger partial charge in [0.05, 0.1) is 6.10 Å². The number of halogens is 2. The average Bonchev–Trinajstić information content (AvgIpc) is 2.53. The predicted octanol–water partition coefficient (Wildman–Crippen LogP) is 5.05. The summed E-state index contributed by atoms with van der Waals surface area (Å²) < 4.78 is 33.3. The van der Waals surface area contributed by atoms with Crippen molar-refractivity contribution in [3.63, 3.8) is 0 Å². The summed E-state index contributed by atoms with van der Waals surface area (Å²) in [4.78, 5) is 0. The molecule has 1 fully saturated rings. The monoisotopic (exact) mass is 304 g/mol. The molecule has 3 unspecified atom stereocenters. The van der Waals surface area contributed by atoms with E-state index in [1.165, 1.54) is 25.5 Å². The summed E-state index contributed by atoms with van der Waals surface area (Å²) in [5, 5.41) is 0. The maximum Gasteiger partial charge on any atom is 0.129 e. The van der Waals surface area contributed by atoms with Crippen molar-refractivity contribution in [1.82, 2.24) is 0 Å². The smallest absolute Gasteiger partial charge is 0.129 e. The van der Waals surface area contributed by atoms with E-state index in [0.717, 1.165) is 25.0 Å². The molecular weight excluding hydrogens is 282 g/mol. The van der Waals surface area contributed by atoms with Crippen molar-refractivity contribution < 1.29 is 13.5 Å². The van der Waals surface area contributed by atoms with E-state index in [4.69, 9.17) is 4.74 Å². The van der Waals surface area contributed by atoms with Gasteiger partial charge >= 0.3 is 0 Å². The van der Waals surface area contributed by atoms with Gasteiger partial charge in [-0.15, -0.1) is 0 Å². The van der Waals surface area contributed by atoms with Crippen LogP contribution in [0, 0.1) is 30.4 Å². The van der Waals surface area contributed by atoms with Crippen LogP contribution in [0.5, 0.6) is 0 Å². The molecule has 0 bridgehead atoms. The lowest BCUT2D eigenvalue weighted by Crippen LogP contribution is -2.30. The molecule has 1 aliphatic heterocycles. The number of ether oxygens (including phenoxy) is 1. The topological polar surface area (TPSA) is 9.23 Å². The molecule has 0 amide bonds. The van der Waals surface area contributed by atoms with E-state index in [-0.39, 0.29) is 11.7 Å². The van der Waals surface area contributed by atoms with Crippen molar-refractivity contribution in [2.45, 2.75) is 39.2 Å². The zero-order valence-corrected chi connectivity index (χ0v) is 13.1. The Labute approximate surface area is 130 Å². The van der Waals surface area contributed by atoms with Crippen molar-refractivity contribution in [2.75, 3.05) is 6.61 Å². The van der Waals surface area contributed by atoms with Crippen molar-refractivity contribution >= 4 is 5.57 Å². The quantitative estimate of drug-likeness (QED) is 0.743. The molecule has 1 nitrogen and oxygen atoms in total. The van der Waals surface area contributed by atoms with Gasteiger partial charge in [0, 0.05) is 18.1 Å². The number of rotatable bonds is 2. The first-order valence-corrected chi connectivity index (χ1v) is 8.00. The minimum Gasteiger partial charge on any atom is -0.377 e. The standard InChI is InChI=1S/C19H22F2O/c1-12-3-8-19(22-11-12)15-6-4-14(5-7-15)16-9-17(20)13(2)18(21)10-16/h4-6,9-10,12,15,19H,3,7-8,11H2,1-2H3. The molecule has 1 saturated heterocycles. The molecule has 22 heavy (non-hydrogen) atoms. The Morgan fingerprint density at radius 2 is 1.86 bits per heavy atom. The molecule has 0 saturated carbocycles. The number of hydrogen-bond acceptors (Lipinski definition) is 1.